The van der Waals surface area contributed by atoms with E-state index in [1.807, 2.05) is 14.1 Å². The first-order valence-electron chi connectivity index (χ1n) is 10.2. The Morgan fingerprint density at radius 1 is 1.35 bits per heavy atom. The molecule has 3 rings (SSSR count). The van der Waals surface area contributed by atoms with Crippen LogP contribution in [0.1, 0.15) is 34.0 Å². The second-order valence-electron chi connectivity index (χ2n) is 7.74. The van der Waals surface area contributed by atoms with Gasteiger partial charge in [-0.25, -0.2) is 14.4 Å². The predicted molar refractivity (Wildman–Crippen MR) is 115 cm³/mol. The van der Waals surface area contributed by atoms with Crippen molar-refractivity contribution in [1.29, 1.82) is 0 Å². The smallest absolute Gasteiger partial charge is 0.254 e. The molecule has 166 valence electrons. The van der Waals surface area contributed by atoms with E-state index >= 15 is 0 Å². The Hall–Kier alpha value is -3.07. The summed E-state index contributed by atoms with van der Waals surface area (Å²) in [5.41, 5.74) is 1.68. The number of anilines is 1. The summed E-state index contributed by atoms with van der Waals surface area (Å²) in [5, 5.41) is 2.81. The first-order chi connectivity index (χ1) is 14.9. The van der Waals surface area contributed by atoms with Crippen LogP contribution in [0.2, 0.25) is 0 Å². The average molecular weight is 429 g/mol. The summed E-state index contributed by atoms with van der Waals surface area (Å²) in [4.78, 5) is 37.9. The highest BCUT2D eigenvalue weighted by molar-refractivity contribution is 5.95. The molecule has 0 aliphatic carbocycles. The SMILES string of the molecule is COCCNC(=O)c1cnc(N(C)C)nc1C1CCN(C(=O)Cc2cccc(F)c2)C1. The van der Waals surface area contributed by atoms with Gasteiger partial charge >= 0.3 is 0 Å². The maximum absolute atomic E-state index is 13.4. The van der Waals surface area contributed by atoms with Crippen molar-refractivity contribution >= 4 is 17.8 Å². The number of benzene rings is 1. The van der Waals surface area contributed by atoms with Gasteiger partial charge in [0.1, 0.15) is 5.82 Å². The molecule has 1 aromatic heterocycles. The van der Waals surface area contributed by atoms with E-state index in [4.69, 9.17) is 4.74 Å². The Bertz CT molecular complexity index is 937. The van der Waals surface area contributed by atoms with Crippen molar-refractivity contribution in [2.24, 2.45) is 0 Å². The number of amides is 2. The van der Waals surface area contributed by atoms with E-state index < -0.39 is 0 Å². The lowest BCUT2D eigenvalue weighted by molar-refractivity contribution is -0.129. The number of carbonyl (C=O) groups is 2. The molecule has 9 heteroatoms. The maximum Gasteiger partial charge on any atom is 0.254 e. The number of nitrogens with zero attached hydrogens (tertiary/aromatic N) is 4. The van der Waals surface area contributed by atoms with E-state index in [1.54, 1.807) is 29.0 Å². The van der Waals surface area contributed by atoms with Gasteiger partial charge in [0.05, 0.1) is 24.3 Å². The van der Waals surface area contributed by atoms with E-state index in [9.17, 15) is 14.0 Å². The Balaban J connectivity index is 1.75. The second kappa shape index (κ2) is 10.3. The summed E-state index contributed by atoms with van der Waals surface area (Å²) in [5.74, 6) is -0.261. The van der Waals surface area contributed by atoms with Gasteiger partial charge in [0.2, 0.25) is 11.9 Å². The largest absolute Gasteiger partial charge is 0.383 e. The molecule has 31 heavy (non-hydrogen) atoms. The Kier molecular flexibility index (Phi) is 7.51. The van der Waals surface area contributed by atoms with Crippen molar-refractivity contribution in [1.82, 2.24) is 20.2 Å². The summed E-state index contributed by atoms with van der Waals surface area (Å²) < 4.78 is 18.4. The van der Waals surface area contributed by atoms with Crippen LogP contribution in [0.4, 0.5) is 10.3 Å². The normalized spacial score (nSPS) is 15.7. The molecule has 1 atom stereocenters. The summed E-state index contributed by atoms with van der Waals surface area (Å²) >= 11 is 0. The van der Waals surface area contributed by atoms with Crippen LogP contribution in [0.15, 0.2) is 30.5 Å². The zero-order chi connectivity index (χ0) is 22.4. The van der Waals surface area contributed by atoms with Gasteiger partial charge in [-0.1, -0.05) is 12.1 Å². The molecule has 1 fully saturated rings. The predicted octanol–water partition coefficient (Wildman–Crippen LogP) is 1.62. The Labute approximate surface area is 181 Å². The van der Waals surface area contributed by atoms with E-state index in [1.165, 1.54) is 18.3 Å². The number of aromatic nitrogens is 2. The van der Waals surface area contributed by atoms with Crippen LogP contribution in [0.5, 0.6) is 0 Å². The molecular weight excluding hydrogens is 401 g/mol. The Morgan fingerprint density at radius 2 is 2.16 bits per heavy atom. The highest BCUT2D eigenvalue weighted by Gasteiger charge is 2.31. The maximum atomic E-state index is 13.4. The molecule has 1 unspecified atom stereocenters. The number of likely N-dealkylation sites (tertiary alicyclic amines) is 1. The number of hydrogen-bond donors (Lipinski definition) is 1. The number of halogens is 1. The molecule has 1 saturated heterocycles. The zero-order valence-electron chi connectivity index (χ0n) is 18.1. The van der Waals surface area contributed by atoms with E-state index in [-0.39, 0.29) is 30.0 Å². The number of carbonyl (C=O) groups excluding carboxylic acids is 2. The highest BCUT2D eigenvalue weighted by atomic mass is 19.1. The average Bonchev–Trinajstić information content (AvgIpc) is 3.24. The minimum Gasteiger partial charge on any atom is -0.383 e. The number of ether oxygens (including phenoxy) is 1. The first-order valence-corrected chi connectivity index (χ1v) is 10.2. The molecule has 0 saturated carbocycles. The number of hydrogen-bond acceptors (Lipinski definition) is 6. The van der Waals surface area contributed by atoms with Crippen LogP contribution in [0.25, 0.3) is 0 Å². The monoisotopic (exact) mass is 429 g/mol. The van der Waals surface area contributed by atoms with Crippen molar-refractivity contribution in [3.8, 4) is 0 Å². The Morgan fingerprint density at radius 3 is 2.87 bits per heavy atom. The van der Waals surface area contributed by atoms with E-state index in [0.717, 1.165) is 0 Å². The second-order valence-corrected chi connectivity index (χ2v) is 7.74. The molecule has 1 aromatic carbocycles. The lowest BCUT2D eigenvalue weighted by Crippen LogP contribution is -2.31. The molecule has 0 radical (unpaired) electrons. The van der Waals surface area contributed by atoms with Crippen molar-refractivity contribution < 1.29 is 18.7 Å². The van der Waals surface area contributed by atoms with E-state index in [2.05, 4.69) is 15.3 Å². The number of nitrogens with one attached hydrogen (secondary N) is 1. The number of methoxy groups -OCH3 is 1. The third kappa shape index (κ3) is 5.75. The van der Waals surface area contributed by atoms with Crippen molar-refractivity contribution in [3.63, 3.8) is 0 Å². The van der Waals surface area contributed by atoms with Gasteiger partial charge in [0.15, 0.2) is 0 Å². The molecule has 8 nitrogen and oxygen atoms in total. The summed E-state index contributed by atoms with van der Waals surface area (Å²) in [7, 11) is 5.24. The summed E-state index contributed by atoms with van der Waals surface area (Å²) in [6, 6.07) is 6.08. The van der Waals surface area contributed by atoms with Crippen LogP contribution < -0.4 is 10.2 Å². The van der Waals surface area contributed by atoms with Crippen molar-refractivity contribution in [2.45, 2.75) is 18.8 Å². The van der Waals surface area contributed by atoms with E-state index in [0.29, 0.717) is 55.4 Å². The summed E-state index contributed by atoms with van der Waals surface area (Å²) in [6.07, 6.45) is 2.37. The van der Waals surface area contributed by atoms with Gasteiger partial charge in [0, 0.05) is 53.0 Å². The van der Waals surface area contributed by atoms with Crippen molar-refractivity contribution in [3.05, 3.63) is 53.1 Å². The standard InChI is InChI=1S/C22H28FN5O3/c1-27(2)22-25-13-18(21(30)24-8-10-31-3)20(26-22)16-7-9-28(14-16)19(29)12-15-5-4-6-17(23)11-15/h4-6,11,13,16H,7-10,12,14H2,1-3H3,(H,24,30). The molecule has 0 bridgehead atoms. The van der Waals surface area contributed by atoms with Crippen LogP contribution in [-0.4, -0.2) is 74.1 Å². The molecule has 2 amide bonds. The third-order valence-corrected chi connectivity index (χ3v) is 5.21. The van der Waals surface area contributed by atoms with Crippen LogP contribution in [0, 0.1) is 5.82 Å². The fourth-order valence-corrected chi connectivity index (χ4v) is 3.59. The lowest BCUT2D eigenvalue weighted by Gasteiger charge is -2.19. The third-order valence-electron chi connectivity index (χ3n) is 5.21. The van der Waals surface area contributed by atoms with Gasteiger partial charge in [-0.2, -0.15) is 0 Å². The first kappa shape index (κ1) is 22.6. The molecule has 1 N–H and O–H groups in total. The van der Waals surface area contributed by atoms with Crippen molar-refractivity contribution in [2.75, 3.05) is 52.3 Å². The molecule has 2 aromatic rings. The fourth-order valence-electron chi connectivity index (χ4n) is 3.59. The molecule has 1 aliphatic rings. The summed E-state index contributed by atoms with van der Waals surface area (Å²) in [6.45, 7) is 1.80. The molecule has 1 aliphatic heterocycles. The van der Waals surface area contributed by atoms with Gasteiger partial charge in [-0.3, -0.25) is 9.59 Å². The van der Waals surface area contributed by atoms with Crippen LogP contribution >= 0.6 is 0 Å². The zero-order valence-corrected chi connectivity index (χ0v) is 18.1. The van der Waals surface area contributed by atoms with Gasteiger partial charge in [0.25, 0.3) is 5.91 Å². The quantitative estimate of drug-likeness (QED) is 0.642. The lowest BCUT2D eigenvalue weighted by atomic mass is 9.99. The topological polar surface area (TPSA) is 87.7 Å². The van der Waals surface area contributed by atoms with Gasteiger partial charge in [-0.15, -0.1) is 0 Å². The molecule has 2 heterocycles. The highest BCUT2D eigenvalue weighted by Crippen LogP contribution is 2.29. The van der Waals surface area contributed by atoms with Gasteiger partial charge in [-0.05, 0) is 24.1 Å². The fraction of sp³-hybridized carbons (Fsp3) is 0.455. The van der Waals surface area contributed by atoms with Crippen LogP contribution in [-0.2, 0) is 16.0 Å². The minimum atomic E-state index is -0.356. The molecule has 0 spiro atoms. The van der Waals surface area contributed by atoms with Gasteiger partial charge < -0.3 is 19.9 Å². The number of rotatable bonds is 8. The molecular formula is C22H28FN5O3. The van der Waals surface area contributed by atoms with Crippen LogP contribution in [0.3, 0.4) is 0 Å². The minimum absolute atomic E-state index is 0.0684.